The lowest BCUT2D eigenvalue weighted by atomic mass is 10.1. The van der Waals surface area contributed by atoms with Crippen molar-refractivity contribution < 1.29 is 9.18 Å². The van der Waals surface area contributed by atoms with Crippen molar-refractivity contribution in [2.75, 3.05) is 0 Å². The van der Waals surface area contributed by atoms with Crippen molar-refractivity contribution in [2.45, 2.75) is 6.42 Å². The quantitative estimate of drug-likeness (QED) is 0.812. The van der Waals surface area contributed by atoms with Crippen LogP contribution in [0.15, 0.2) is 34.4 Å². The van der Waals surface area contributed by atoms with E-state index in [9.17, 15) is 9.18 Å². The van der Waals surface area contributed by atoms with Gasteiger partial charge in [-0.05, 0) is 18.2 Å². The summed E-state index contributed by atoms with van der Waals surface area (Å²) in [5.41, 5.74) is 1.77. The van der Waals surface area contributed by atoms with E-state index in [0.717, 1.165) is 4.88 Å². The van der Waals surface area contributed by atoms with E-state index in [4.69, 9.17) is 0 Å². The van der Waals surface area contributed by atoms with Crippen LogP contribution in [0.1, 0.15) is 15.2 Å². The molecule has 0 fully saturated rings. The highest BCUT2D eigenvalue weighted by Crippen LogP contribution is 2.18. The van der Waals surface area contributed by atoms with E-state index in [0.29, 0.717) is 4.47 Å². The van der Waals surface area contributed by atoms with E-state index < -0.39 is 5.82 Å². The number of carbonyl (C=O) groups is 1. The first-order chi connectivity index (χ1) is 7.66. The fourth-order valence-electron chi connectivity index (χ4n) is 1.29. The van der Waals surface area contributed by atoms with Crippen LogP contribution >= 0.6 is 27.3 Å². The van der Waals surface area contributed by atoms with Gasteiger partial charge in [0, 0.05) is 22.0 Å². The number of Topliss-reactive ketones (excluding diaryl/α,β-unsaturated/α-hetero) is 1. The first kappa shape index (κ1) is 11.4. The highest BCUT2D eigenvalue weighted by Gasteiger charge is 2.13. The second kappa shape index (κ2) is 4.84. The molecule has 2 aromatic rings. The van der Waals surface area contributed by atoms with Crippen LogP contribution in [0.4, 0.5) is 4.39 Å². The number of halogens is 2. The van der Waals surface area contributed by atoms with E-state index >= 15 is 0 Å². The molecule has 5 heteroatoms. The highest BCUT2D eigenvalue weighted by molar-refractivity contribution is 9.10. The third kappa shape index (κ3) is 2.54. The number of hydrogen-bond acceptors (Lipinski definition) is 3. The summed E-state index contributed by atoms with van der Waals surface area (Å²) in [5, 5.41) is 0. The predicted octanol–water partition coefficient (Wildman–Crippen LogP) is 3.47. The van der Waals surface area contributed by atoms with Gasteiger partial charge in [-0.25, -0.2) is 4.39 Å². The minimum atomic E-state index is -0.488. The molecule has 0 saturated carbocycles. The van der Waals surface area contributed by atoms with E-state index in [1.54, 1.807) is 17.8 Å². The molecule has 1 aromatic carbocycles. The second-order valence-electron chi connectivity index (χ2n) is 3.19. The average molecular weight is 300 g/mol. The molecule has 0 atom stereocenters. The van der Waals surface area contributed by atoms with Gasteiger partial charge < -0.3 is 0 Å². The third-order valence-corrected chi connectivity index (χ3v) is 3.32. The van der Waals surface area contributed by atoms with Gasteiger partial charge in [-0.2, -0.15) is 0 Å². The predicted molar refractivity (Wildman–Crippen MR) is 64.2 cm³/mol. The summed E-state index contributed by atoms with van der Waals surface area (Å²) in [7, 11) is 0. The van der Waals surface area contributed by atoms with Gasteiger partial charge in [0.15, 0.2) is 5.78 Å². The lowest BCUT2D eigenvalue weighted by molar-refractivity contribution is 0.0990. The maximum absolute atomic E-state index is 13.4. The Hall–Kier alpha value is -1.07. The van der Waals surface area contributed by atoms with Crippen molar-refractivity contribution in [1.29, 1.82) is 0 Å². The first-order valence-electron chi connectivity index (χ1n) is 4.52. The summed E-state index contributed by atoms with van der Waals surface area (Å²) in [6, 6.07) is 4.35. The van der Waals surface area contributed by atoms with Crippen molar-refractivity contribution >= 4 is 33.0 Å². The molecule has 0 amide bonds. The van der Waals surface area contributed by atoms with E-state index in [1.807, 2.05) is 0 Å². The van der Waals surface area contributed by atoms with Crippen LogP contribution in [0.2, 0.25) is 0 Å². The molecule has 0 spiro atoms. The Labute approximate surface area is 104 Å². The Bertz CT molecular complexity index is 513. The molecule has 1 aromatic heterocycles. The second-order valence-corrected chi connectivity index (χ2v) is 5.08. The SMILES string of the molecule is O=C(Cc1cncs1)c1cc(Br)ccc1F. The van der Waals surface area contributed by atoms with Crippen LogP contribution < -0.4 is 0 Å². The van der Waals surface area contributed by atoms with Gasteiger partial charge in [0.05, 0.1) is 11.1 Å². The molecule has 0 unspecified atom stereocenters. The molecule has 0 aliphatic carbocycles. The Balaban J connectivity index is 2.24. The largest absolute Gasteiger partial charge is 0.294 e. The molecule has 1 heterocycles. The fourth-order valence-corrected chi connectivity index (χ4v) is 2.25. The number of rotatable bonds is 3. The number of aromatic nitrogens is 1. The first-order valence-corrected chi connectivity index (χ1v) is 6.19. The third-order valence-electron chi connectivity index (χ3n) is 2.05. The van der Waals surface area contributed by atoms with Gasteiger partial charge in [-0.15, -0.1) is 11.3 Å². The molecule has 0 aliphatic heterocycles. The zero-order valence-corrected chi connectivity index (χ0v) is 10.5. The zero-order valence-electron chi connectivity index (χ0n) is 8.11. The number of nitrogens with zero attached hydrogens (tertiary/aromatic N) is 1. The molecule has 0 aliphatic rings. The molecule has 0 saturated heterocycles. The van der Waals surface area contributed by atoms with E-state index in [1.165, 1.54) is 23.5 Å². The van der Waals surface area contributed by atoms with Crippen molar-refractivity contribution in [3.63, 3.8) is 0 Å². The molecular formula is C11H7BrFNOS. The number of thiazole rings is 1. The maximum atomic E-state index is 13.4. The minimum Gasteiger partial charge on any atom is -0.294 e. The van der Waals surface area contributed by atoms with Crippen molar-refractivity contribution in [3.8, 4) is 0 Å². The summed E-state index contributed by atoms with van der Waals surface area (Å²) >= 11 is 4.60. The molecule has 0 N–H and O–H groups in total. The van der Waals surface area contributed by atoms with Gasteiger partial charge in [0.25, 0.3) is 0 Å². The van der Waals surface area contributed by atoms with Crippen LogP contribution in [0.25, 0.3) is 0 Å². The van der Waals surface area contributed by atoms with Crippen LogP contribution in [0, 0.1) is 5.82 Å². The van der Waals surface area contributed by atoms with Crippen molar-refractivity contribution in [3.05, 3.63) is 50.6 Å². The molecule has 0 bridgehead atoms. The standard InChI is InChI=1S/C11H7BrFNOS/c12-7-1-2-10(13)9(3-7)11(15)4-8-5-14-6-16-8/h1-3,5-6H,4H2. The summed E-state index contributed by atoms with van der Waals surface area (Å²) < 4.78 is 14.1. The molecule has 82 valence electrons. The Morgan fingerprint density at radius 1 is 1.50 bits per heavy atom. The zero-order chi connectivity index (χ0) is 11.5. The van der Waals surface area contributed by atoms with Crippen LogP contribution in [0.3, 0.4) is 0 Å². The molecule has 0 radical (unpaired) electrons. The van der Waals surface area contributed by atoms with Gasteiger partial charge in [0.1, 0.15) is 5.82 Å². The Morgan fingerprint density at radius 3 is 3.00 bits per heavy atom. The van der Waals surface area contributed by atoms with Crippen LogP contribution in [-0.4, -0.2) is 10.8 Å². The number of benzene rings is 1. The molecule has 2 nitrogen and oxygen atoms in total. The fraction of sp³-hybridized carbons (Fsp3) is 0.0909. The number of ketones is 1. The van der Waals surface area contributed by atoms with Crippen LogP contribution in [-0.2, 0) is 6.42 Å². The molecule has 16 heavy (non-hydrogen) atoms. The summed E-state index contributed by atoms with van der Waals surface area (Å²) in [6.45, 7) is 0. The Kier molecular flexibility index (Phi) is 3.46. The van der Waals surface area contributed by atoms with Crippen LogP contribution in [0.5, 0.6) is 0 Å². The van der Waals surface area contributed by atoms with Crippen molar-refractivity contribution in [2.24, 2.45) is 0 Å². The minimum absolute atomic E-state index is 0.114. The topological polar surface area (TPSA) is 30.0 Å². The van der Waals surface area contributed by atoms with E-state index in [-0.39, 0.29) is 17.8 Å². The average Bonchev–Trinajstić information content (AvgIpc) is 2.74. The lowest BCUT2D eigenvalue weighted by Crippen LogP contribution is -2.05. The van der Waals surface area contributed by atoms with Gasteiger partial charge in [-0.3, -0.25) is 9.78 Å². The molecular weight excluding hydrogens is 293 g/mol. The number of hydrogen-bond donors (Lipinski definition) is 0. The monoisotopic (exact) mass is 299 g/mol. The highest BCUT2D eigenvalue weighted by atomic mass is 79.9. The summed E-state index contributed by atoms with van der Waals surface area (Å²) in [6.07, 6.45) is 1.82. The summed E-state index contributed by atoms with van der Waals surface area (Å²) in [5.74, 6) is -0.722. The smallest absolute Gasteiger partial charge is 0.171 e. The normalized spacial score (nSPS) is 10.4. The molecule has 2 rings (SSSR count). The van der Waals surface area contributed by atoms with Crippen molar-refractivity contribution in [1.82, 2.24) is 4.98 Å². The lowest BCUT2D eigenvalue weighted by Gasteiger charge is -2.01. The van der Waals surface area contributed by atoms with Gasteiger partial charge >= 0.3 is 0 Å². The maximum Gasteiger partial charge on any atom is 0.171 e. The Morgan fingerprint density at radius 2 is 2.31 bits per heavy atom. The summed E-state index contributed by atoms with van der Waals surface area (Å²) in [4.78, 5) is 16.5. The van der Waals surface area contributed by atoms with E-state index in [2.05, 4.69) is 20.9 Å². The number of carbonyl (C=O) groups excluding carboxylic acids is 1. The van der Waals surface area contributed by atoms with Gasteiger partial charge in [0.2, 0.25) is 0 Å². The van der Waals surface area contributed by atoms with Gasteiger partial charge in [-0.1, -0.05) is 15.9 Å².